The zero-order valence-corrected chi connectivity index (χ0v) is 17.9. The Bertz CT molecular complexity index is 739. The second-order valence-corrected chi connectivity index (χ2v) is 8.78. The Morgan fingerprint density at radius 3 is 2.31 bits per heavy atom. The molecule has 0 aromatic heterocycles. The lowest BCUT2D eigenvalue weighted by molar-refractivity contribution is -0.896. The van der Waals surface area contributed by atoms with Crippen LogP contribution in [0.2, 0.25) is 0 Å². The quantitative estimate of drug-likeness (QED) is 0.430. The third-order valence-corrected chi connectivity index (χ3v) is 6.07. The molecule has 2 heterocycles. The first kappa shape index (κ1) is 21.4. The maximum absolute atomic E-state index is 12.7. The molecular weight excluding hydrogens is 390 g/mol. The average molecular weight is 421 g/mol. The van der Waals surface area contributed by atoms with Gasteiger partial charge in [-0.05, 0) is 42.6 Å². The summed E-state index contributed by atoms with van der Waals surface area (Å²) in [5, 5.41) is 14.5. The predicted molar refractivity (Wildman–Crippen MR) is 116 cm³/mol. The van der Waals surface area contributed by atoms with E-state index in [-0.39, 0.29) is 11.6 Å². The first-order chi connectivity index (χ1) is 13.8. The molecule has 2 aliphatic rings. The van der Waals surface area contributed by atoms with Crippen molar-refractivity contribution in [2.45, 2.75) is 20.3 Å². The van der Waals surface area contributed by atoms with Gasteiger partial charge in [0.2, 0.25) is 0 Å². The minimum Gasteiger partial charge on any atom is -0.338 e. The number of likely N-dealkylation sites (tertiary alicyclic amines) is 1. The molecule has 1 aromatic carbocycles. The van der Waals surface area contributed by atoms with Crippen molar-refractivity contribution < 1.29 is 14.6 Å². The summed E-state index contributed by atoms with van der Waals surface area (Å²) >= 11 is 5.49. The number of piperazine rings is 1. The van der Waals surface area contributed by atoms with E-state index in [4.69, 9.17) is 12.2 Å². The summed E-state index contributed by atoms with van der Waals surface area (Å²) < 4.78 is 0. The first-order valence-corrected chi connectivity index (χ1v) is 10.6. The maximum Gasteiger partial charge on any atom is 0.277 e. The van der Waals surface area contributed by atoms with Gasteiger partial charge < -0.3 is 20.0 Å². The lowest BCUT2D eigenvalue weighted by Gasteiger charge is -2.37. The van der Waals surface area contributed by atoms with Crippen molar-refractivity contribution in [3.05, 3.63) is 34.4 Å². The Morgan fingerprint density at radius 2 is 1.76 bits per heavy atom. The summed E-state index contributed by atoms with van der Waals surface area (Å²) in [6, 6.07) is 6.23. The molecule has 0 radical (unpaired) electrons. The summed E-state index contributed by atoms with van der Waals surface area (Å²) in [7, 11) is 0. The fourth-order valence-electron chi connectivity index (χ4n) is 4.26. The molecule has 9 heteroatoms. The average Bonchev–Trinajstić information content (AvgIpc) is 2.68. The summed E-state index contributed by atoms with van der Waals surface area (Å²) in [5.41, 5.74) is 0.791. The molecule has 29 heavy (non-hydrogen) atoms. The highest BCUT2D eigenvalue weighted by Gasteiger charge is 2.29. The molecule has 0 bridgehead atoms. The number of nitrogens with one attached hydrogen (secondary N) is 2. The van der Waals surface area contributed by atoms with Crippen LogP contribution in [0.5, 0.6) is 0 Å². The van der Waals surface area contributed by atoms with Crippen LogP contribution in [0.4, 0.5) is 11.4 Å². The number of hydrogen-bond acceptors (Lipinski definition) is 4. The first-order valence-electron chi connectivity index (χ1n) is 10.2. The van der Waals surface area contributed by atoms with E-state index in [1.807, 2.05) is 4.90 Å². The number of nitro benzene ring substituents is 1. The van der Waals surface area contributed by atoms with Crippen molar-refractivity contribution >= 4 is 34.6 Å². The van der Waals surface area contributed by atoms with E-state index in [0.717, 1.165) is 45.0 Å². The molecule has 2 saturated heterocycles. The SMILES string of the molecule is C[C@H]1C[C@H](C)CN(C(=O)C[NH+]2CCN(C(=S)Nc3ccc([N+](=O)[O-])cc3)CC2)C1. The van der Waals surface area contributed by atoms with Gasteiger partial charge in [-0.25, -0.2) is 0 Å². The topological polar surface area (TPSA) is 83.2 Å². The van der Waals surface area contributed by atoms with Crippen LogP contribution in [0.1, 0.15) is 20.3 Å². The van der Waals surface area contributed by atoms with Crippen molar-refractivity contribution in [2.24, 2.45) is 11.8 Å². The zero-order valence-electron chi connectivity index (χ0n) is 17.1. The van der Waals surface area contributed by atoms with Crippen molar-refractivity contribution in [1.29, 1.82) is 0 Å². The van der Waals surface area contributed by atoms with Gasteiger partial charge in [-0.2, -0.15) is 0 Å². The summed E-state index contributed by atoms with van der Waals surface area (Å²) in [5.74, 6) is 1.42. The molecule has 2 N–H and O–H groups in total. The largest absolute Gasteiger partial charge is 0.338 e. The number of carbonyl (C=O) groups excluding carboxylic acids is 1. The van der Waals surface area contributed by atoms with E-state index in [2.05, 4.69) is 24.1 Å². The highest BCUT2D eigenvalue weighted by Crippen LogP contribution is 2.20. The Kier molecular flexibility index (Phi) is 7.02. The van der Waals surface area contributed by atoms with E-state index >= 15 is 0 Å². The fraction of sp³-hybridized carbons (Fsp3) is 0.600. The number of anilines is 1. The number of piperidine rings is 1. The van der Waals surface area contributed by atoms with Crippen molar-refractivity contribution in [3.63, 3.8) is 0 Å². The molecule has 2 aliphatic heterocycles. The molecule has 0 unspecified atom stereocenters. The molecule has 0 aliphatic carbocycles. The number of non-ortho nitro benzene ring substituents is 1. The van der Waals surface area contributed by atoms with Gasteiger partial charge in [0.1, 0.15) is 0 Å². The van der Waals surface area contributed by atoms with Gasteiger partial charge in [0.15, 0.2) is 11.7 Å². The van der Waals surface area contributed by atoms with Crippen LogP contribution in [0.3, 0.4) is 0 Å². The Labute approximate surface area is 177 Å². The molecule has 0 saturated carbocycles. The van der Waals surface area contributed by atoms with E-state index in [1.54, 1.807) is 12.1 Å². The second kappa shape index (κ2) is 9.49. The Morgan fingerprint density at radius 1 is 1.17 bits per heavy atom. The number of hydrogen-bond donors (Lipinski definition) is 2. The van der Waals surface area contributed by atoms with Gasteiger partial charge in [-0.15, -0.1) is 0 Å². The fourth-order valence-corrected chi connectivity index (χ4v) is 4.56. The van der Waals surface area contributed by atoms with Crippen LogP contribution in [0.25, 0.3) is 0 Å². The number of nitro groups is 1. The standard InChI is InChI=1S/C20H29N5O3S/c1-15-11-16(2)13-24(12-15)19(26)14-22-7-9-23(10-8-22)20(29)21-17-3-5-18(6-4-17)25(27)28/h3-6,15-16H,7-14H2,1-2H3,(H,21,29)/p+1/t15-,16-/m0/s1. The number of rotatable bonds is 4. The molecule has 1 amide bonds. The maximum atomic E-state index is 12.7. The summed E-state index contributed by atoms with van der Waals surface area (Å²) in [6.07, 6.45) is 1.20. The minimum atomic E-state index is -0.420. The van der Waals surface area contributed by atoms with E-state index < -0.39 is 4.92 Å². The zero-order chi connectivity index (χ0) is 21.0. The van der Waals surface area contributed by atoms with Crippen molar-refractivity contribution in [1.82, 2.24) is 9.80 Å². The van der Waals surface area contributed by atoms with Crippen LogP contribution in [0, 0.1) is 22.0 Å². The molecule has 1 aromatic rings. The van der Waals surface area contributed by atoms with E-state index in [9.17, 15) is 14.9 Å². The number of quaternary nitrogens is 1. The van der Waals surface area contributed by atoms with Crippen molar-refractivity contribution in [3.8, 4) is 0 Å². The van der Waals surface area contributed by atoms with Crippen LogP contribution >= 0.6 is 12.2 Å². The van der Waals surface area contributed by atoms with E-state index in [0.29, 0.717) is 23.5 Å². The smallest absolute Gasteiger partial charge is 0.277 e. The third kappa shape index (κ3) is 5.86. The van der Waals surface area contributed by atoms with Gasteiger partial charge in [-0.1, -0.05) is 13.8 Å². The monoisotopic (exact) mass is 420 g/mol. The van der Waals surface area contributed by atoms with Crippen molar-refractivity contribution in [2.75, 3.05) is 51.1 Å². The van der Waals surface area contributed by atoms with Gasteiger partial charge in [0, 0.05) is 30.9 Å². The normalized spacial score (nSPS) is 23.0. The molecule has 3 rings (SSSR count). The van der Waals surface area contributed by atoms with Gasteiger partial charge in [-0.3, -0.25) is 14.9 Å². The highest BCUT2D eigenvalue weighted by atomic mass is 32.1. The number of thiocarbonyl (C=S) groups is 1. The second-order valence-electron chi connectivity index (χ2n) is 8.39. The third-order valence-electron chi connectivity index (χ3n) is 5.71. The van der Waals surface area contributed by atoms with E-state index in [1.165, 1.54) is 23.5 Å². The van der Waals surface area contributed by atoms with Gasteiger partial charge >= 0.3 is 0 Å². The molecule has 0 spiro atoms. The van der Waals surface area contributed by atoms with Crippen LogP contribution in [-0.2, 0) is 4.79 Å². The van der Waals surface area contributed by atoms with Gasteiger partial charge in [0.25, 0.3) is 11.6 Å². The molecule has 8 nitrogen and oxygen atoms in total. The molecule has 158 valence electrons. The lowest BCUT2D eigenvalue weighted by atomic mass is 9.92. The summed E-state index contributed by atoms with van der Waals surface area (Å²) in [6.45, 7) is 10.1. The van der Waals surface area contributed by atoms with Gasteiger partial charge in [0.05, 0.1) is 31.1 Å². The van der Waals surface area contributed by atoms with Crippen LogP contribution < -0.4 is 10.2 Å². The minimum absolute atomic E-state index is 0.0563. The van der Waals surface area contributed by atoms with Crippen LogP contribution in [-0.4, -0.2) is 71.6 Å². The Hall–Kier alpha value is -2.26. The van der Waals surface area contributed by atoms with Crippen LogP contribution in [0.15, 0.2) is 24.3 Å². The predicted octanol–water partition coefficient (Wildman–Crippen LogP) is 0.997. The number of carbonyl (C=O) groups is 1. The summed E-state index contributed by atoms with van der Waals surface area (Å²) in [4.78, 5) is 28.5. The molecule has 2 fully saturated rings. The lowest BCUT2D eigenvalue weighted by Crippen LogP contribution is -3.15. The highest BCUT2D eigenvalue weighted by molar-refractivity contribution is 7.80. The number of amides is 1. The number of benzene rings is 1. The molecule has 2 atom stereocenters. The number of nitrogens with zero attached hydrogens (tertiary/aromatic N) is 3. The molecular formula is C20H30N5O3S+. The Balaban J connectivity index is 1.44.